The Bertz CT molecular complexity index is 186. The van der Waals surface area contributed by atoms with E-state index < -0.39 is 8.80 Å². The molecule has 0 N–H and O–H groups in total. The first-order chi connectivity index (χ1) is 6.20. The highest BCUT2D eigenvalue weighted by Crippen LogP contribution is 2.24. The second-order valence-electron chi connectivity index (χ2n) is 3.02. The molecule has 0 aromatic heterocycles. The van der Waals surface area contributed by atoms with Gasteiger partial charge in [0, 0.05) is 28.4 Å². The van der Waals surface area contributed by atoms with E-state index >= 15 is 0 Å². The molecule has 5 heteroatoms. The highest BCUT2D eigenvalue weighted by Gasteiger charge is 2.49. The topological polar surface area (TPSA) is 30.9 Å². The summed E-state index contributed by atoms with van der Waals surface area (Å²) in [6.45, 7) is 0. The number of nitrogens with zero attached hydrogens (tertiary/aromatic N) is 1. The first-order valence-corrected chi connectivity index (χ1v) is 6.04. The molecule has 1 heterocycles. The van der Waals surface area contributed by atoms with E-state index in [2.05, 4.69) is 11.0 Å². The minimum atomic E-state index is -2.48. The third-order valence-corrected chi connectivity index (χ3v) is 5.62. The van der Waals surface area contributed by atoms with E-state index in [-0.39, 0.29) is 5.67 Å². The molecular formula is C8H17NO3Si. The summed E-state index contributed by atoms with van der Waals surface area (Å²) < 4.78 is 16.2. The summed E-state index contributed by atoms with van der Waals surface area (Å²) in [4.78, 5) is 2.09. The molecule has 0 spiro atoms. The van der Waals surface area contributed by atoms with Crippen molar-refractivity contribution in [2.45, 2.75) is 12.1 Å². The SMILES string of the molecule is CO[Si](OC)(OC)C1CC=CN1C. The Labute approximate surface area is 80.4 Å². The fourth-order valence-corrected chi connectivity index (χ4v) is 4.00. The smallest absolute Gasteiger partial charge is 0.376 e. The van der Waals surface area contributed by atoms with Gasteiger partial charge in [-0.15, -0.1) is 0 Å². The van der Waals surface area contributed by atoms with Crippen molar-refractivity contribution < 1.29 is 13.3 Å². The first kappa shape index (κ1) is 10.7. The van der Waals surface area contributed by atoms with Crippen LogP contribution in [0.4, 0.5) is 0 Å². The van der Waals surface area contributed by atoms with Crippen molar-refractivity contribution in [2.75, 3.05) is 28.4 Å². The van der Waals surface area contributed by atoms with Gasteiger partial charge < -0.3 is 18.2 Å². The molecule has 76 valence electrons. The molecule has 4 nitrogen and oxygen atoms in total. The van der Waals surface area contributed by atoms with Gasteiger partial charge in [0.25, 0.3) is 0 Å². The normalized spacial score (nSPS) is 22.8. The lowest BCUT2D eigenvalue weighted by atomic mass is 10.5. The Morgan fingerprint density at radius 2 is 1.77 bits per heavy atom. The predicted octanol–water partition coefficient (Wildman–Crippen LogP) is 0.621. The summed E-state index contributed by atoms with van der Waals surface area (Å²) in [5, 5.41) is 0. The molecular weight excluding hydrogens is 186 g/mol. The average Bonchev–Trinajstić information content (AvgIpc) is 2.57. The number of hydrogen-bond acceptors (Lipinski definition) is 4. The van der Waals surface area contributed by atoms with Crippen molar-refractivity contribution in [1.29, 1.82) is 0 Å². The summed E-state index contributed by atoms with van der Waals surface area (Å²) in [7, 11) is 4.46. The van der Waals surface area contributed by atoms with E-state index in [4.69, 9.17) is 13.3 Å². The number of rotatable bonds is 4. The zero-order chi connectivity index (χ0) is 9.90. The van der Waals surface area contributed by atoms with E-state index in [1.54, 1.807) is 21.3 Å². The summed E-state index contributed by atoms with van der Waals surface area (Å²) in [5.41, 5.74) is 0.215. The molecule has 0 bridgehead atoms. The highest BCUT2D eigenvalue weighted by atomic mass is 28.4. The van der Waals surface area contributed by atoms with Crippen LogP contribution in [-0.2, 0) is 13.3 Å². The first-order valence-electron chi connectivity index (χ1n) is 4.24. The van der Waals surface area contributed by atoms with Crippen molar-refractivity contribution in [3.8, 4) is 0 Å². The fraction of sp³-hybridized carbons (Fsp3) is 0.750. The van der Waals surface area contributed by atoms with E-state index in [0.29, 0.717) is 0 Å². The Morgan fingerprint density at radius 1 is 1.23 bits per heavy atom. The summed E-state index contributed by atoms with van der Waals surface area (Å²) in [6, 6.07) is 0. The lowest BCUT2D eigenvalue weighted by molar-refractivity contribution is 0.0949. The Kier molecular flexibility index (Phi) is 3.49. The predicted molar refractivity (Wildman–Crippen MR) is 52.1 cm³/mol. The minimum Gasteiger partial charge on any atom is -0.376 e. The maximum absolute atomic E-state index is 5.40. The van der Waals surface area contributed by atoms with Crippen LogP contribution >= 0.6 is 0 Å². The van der Waals surface area contributed by atoms with Crippen LogP contribution in [0.25, 0.3) is 0 Å². The van der Waals surface area contributed by atoms with Gasteiger partial charge in [-0.3, -0.25) is 0 Å². The molecule has 0 aromatic rings. The molecule has 0 radical (unpaired) electrons. The molecule has 0 aliphatic carbocycles. The van der Waals surface area contributed by atoms with E-state index in [9.17, 15) is 0 Å². The second-order valence-corrected chi connectivity index (χ2v) is 6.12. The van der Waals surface area contributed by atoms with Crippen molar-refractivity contribution in [3.05, 3.63) is 12.3 Å². The van der Waals surface area contributed by atoms with Gasteiger partial charge in [-0.25, -0.2) is 0 Å². The molecule has 1 aliphatic heterocycles. The highest BCUT2D eigenvalue weighted by molar-refractivity contribution is 6.62. The summed E-state index contributed by atoms with van der Waals surface area (Å²) in [5.74, 6) is 0. The van der Waals surface area contributed by atoms with Crippen LogP contribution in [-0.4, -0.2) is 47.7 Å². The minimum absolute atomic E-state index is 0.215. The van der Waals surface area contributed by atoms with Crippen LogP contribution in [0.1, 0.15) is 6.42 Å². The van der Waals surface area contributed by atoms with Gasteiger partial charge in [0.15, 0.2) is 0 Å². The van der Waals surface area contributed by atoms with Crippen LogP contribution in [0.3, 0.4) is 0 Å². The standard InChI is InChI=1S/C8H17NO3Si/c1-9-7-5-6-8(9)13(10-2,11-3)12-4/h5,7-8H,6H2,1-4H3. The summed E-state index contributed by atoms with van der Waals surface area (Å²) in [6.07, 6.45) is 5.06. The molecule has 0 saturated carbocycles. The number of hydrogen-bond donors (Lipinski definition) is 0. The molecule has 0 fully saturated rings. The van der Waals surface area contributed by atoms with Gasteiger partial charge in [0.05, 0.1) is 0 Å². The molecule has 0 saturated heterocycles. The molecule has 1 rings (SSSR count). The maximum atomic E-state index is 5.40. The monoisotopic (exact) mass is 203 g/mol. The van der Waals surface area contributed by atoms with Crippen molar-refractivity contribution in [2.24, 2.45) is 0 Å². The van der Waals surface area contributed by atoms with Crippen molar-refractivity contribution in [1.82, 2.24) is 4.90 Å². The van der Waals surface area contributed by atoms with Crippen LogP contribution in [0.5, 0.6) is 0 Å². The van der Waals surface area contributed by atoms with Gasteiger partial charge in [-0.05, 0) is 12.6 Å². The largest absolute Gasteiger partial charge is 0.524 e. The van der Waals surface area contributed by atoms with Gasteiger partial charge in [0.2, 0.25) is 0 Å². The van der Waals surface area contributed by atoms with Gasteiger partial charge >= 0.3 is 8.80 Å². The quantitative estimate of drug-likeness (QED) is 0.627. The summed E-state index contributed by atoms with van der Waals surface area (Å²) >= 11 is 0. The second kappa shape index (κ2) is 4.23. The Hall–Kier alpha value is -0.363. The van der Waals surface area contributed by atoms with E-state index in [0.717, 1.165) is 6.42 Å². The fourth-order valence-electron chi connectivity index (χ4n) is 1.68. The van der Waals surface area contributed by atoms with Crippen molar-refractivity contribution in [3.63, 3.8) is 0 Å². The lowest BCUT2D eigenvalue weighted by Gasteiger charge is -2.34. The Balaban J connectivity index is 2.75. The van der Waals surface area contributed by atoms with E-state index in [1.807, 2.05) is 13.2 Å². The maximum Gasteiger partial charge on any atom is 0.524 e. The third-order valence-electron chi connectivity index (χ3n) is 2.45. The zero-order valence-electron chi connectivity index (χ0n) is 8.61. The third kappa shape index (κ3) is 1.78. The van der Waals surface area contributed by atoms with Crippen LogP contribution < -0.4 is 0 Å². The van der Waals surface area contributed by atoms with Gasteiger partial charge in [-0.1, -0.05) is 6.08 Å². The van der Waals surface area contributed by atoms with Gasteiger partial charge in [0.1, 0.15) is 5.67 Å². The molecule has 1 atom stereocenters. The van der Waals surface area contributed by atoms with Gasteiger partial charge in [-0.2, -0.15) is 0 Å². The van der Waals surface area contributed by atoms with E-state index in [1.165, 1.54) is 0 Å². The average molecular weight is 203 g/mol. The van der Waals surface area contributed by atoms with Crippen LogP contribution in [0.2, 0.25) is 0 Å². The molecule has 1 unspecified atom stereocenters. The van der Waals surface area contributed by atoms with Crippen molar-refractivity contribution >= 4 is 8.80 Å². The lowest BCUT2D eigenvalue weighted by Crippen LogP contribution is -2.58. The molecule has 0 aromatic carbocycles. The molecule has 0 amide bonds. The Morgan fingerprint density at radius 3 is 2.08 bits per heavy atom. The van der Waals surface area contributed by atoms with Crippen LogP contribution in [0.15, 0.2) is 12.3 Å². The van der Waals surface area contributed by atoms with Crippen LogP contribution in [0, 0.1) is 0 Å². The zero-order valence-corrected chi connectivity index (χ0v) is 9.61. The molecule has 1 aliphatic rings. The molecule has 13 heavy (non-hydrogen) atoms.